The average molecular weight is 484 g/mol. The first-order chi connectivity index (χ1) is 17.4. The maximum Gasteiger partial charge on any atom is 0.338 e. The molecule has 0 saturated carbocycles. The molecule has 6 nitrogen and oxygen atoms in total. The number of hydrogen-bond acceptors (Lipinski definition) is 6. The fraction of sp³-hybridized carbons (Fsp3) is 0.333. The largest absolute Gasteiger partial charge is 0.459 e. The molecule has 184 valence electrons. The monoisotopic (exact) mass is 483 g/mol. The van der Waals surface area contributed by atoms with Crippen LogP contribution < -0.4 is 0 Å². The lowest BCUT2D eigenvalue weighted by atomic mass is 9.91. The zero-order valence-electron chi connectivity index (χ0n) is 20.5. The van der Waals surface area contributed by atoms with Gasteiger partial charge in [0, 0.05) is 31.6 Å². The maximum atomic E-state index is 12.2. The van der Waals surface area contributed by atoms with Gasteiger partial charge in [0.25, 0.3) is 0 Å². The van der Waals surface area contributed by atoms with E-state index in [0.717, 1.165) is 59.3 Å². The number of hydrogen-bond donors (Lipinski definition) is 1. The molecule has 0 saturated heterocycles. The fourth-order valence-electron chi connectivity index (χ4n) is 5.76. The Morgan fingerprint density at radius 2 is 1.72 bits per heavy atom. The van der Waals surface area contributed by atoms with Crippen LogP contribution in [0.15, 0.2) is 48.5 Å². The van der Waals surface area contributed by atoms with Gasteiger partial charge in [-0.05, 0) is 71.3 Å². The summed E-state index contributed by atoms with van der Waals surface area (Å²) >= 11 is 0. The van der Waals surface area contributed by atoms with Crippen molar-refractivity contribution in [3.05, 3.63) is 93.0 Å². The van der Waals surface area contributed by atoms with E-state index in [9.17, 15) is 14.7 Å². The molecule has 3 aromatic carbocycles. The van der Waals surface area contributed by atoms with Crippen molar-refractivity contribution in [2.45, 2.75) is 52.0 Å². The van der Waals surface area contributed by atoms with Gasteiger partial charge in [0.15, 0.2) is 0 Å². The Hall–Kier alpha value is -3.48. The van der Waals surface area contributed by atoms with Crippen LogP contribution in [-0.4, -0.2) is 41.1 Å². The lowest BCUT2D eigenvalue weighted by molar-refractivity contribution is 0.0301. The second kappa shape index (κ2) is 8.87. The molecule has 3 aliphatic rings. The molecule has 3 aromatic rings. The third kappa shape index (κ3) is 4.00. The Bertz CT molecular complexity index is 1390. The van der Waals surface area contributed by atoms with Gasteiger partial charge in [-0.25, -0.2) is 9.59 Å². The number of esters is 2. The van der Waals surface area contributed by atoms with Crippen LogP contribution in [0.3, 0.4) is 0 Å². The number of ether oxygens (including phenoxy) is 2. The first-order valence-electron chi connectivity index (χ1n) is 12.5. The number of aliphatic hydroxyl groups excluding tert-OH is 1. The van der Waals surface area contributed by atoms with E-state index >= 15 is 0 Å². The van der Waals surface area contributed by atoms with Crippen molar-refractivity contribution in [2.75, 3.05) is 13.1 Å². The highest BCUT2D eigenvalue weighted by atomic mass is 16.5. The number of rotatable bonds is 4. The summed E-state index contributed by atoms with van der Waals surface area (Å²) in [7, 11) is 0. The quantitative estimate of drug-likeness (QED) is 0.550. The molecule has 0 unspecified atom stereocenters. The summed E-state index contributed by atoms with van der Waals surface area (Å²) in [5.41, 5.74) is 9.90. The summed E-state index contributed by atoms with van der Waals surface area (Å²) in [6, 6.07) is 16.2. The molecule has 3 aliphatic heterocycles. The first-order valence-corrected chi connectivity index (χ1v) is 12.5. The van der Waals surface area contributed by atoms with Crippen molar-refractivity contribution in [3.63, 3.8) is 0 Å². The summed E-state index contributed by atoms with van der Waals surface area (Å²) in [6.45, 7) is 6.35. The van der Waals surface area contributed by atoms with Crippen molar-refractivity contribution in [3.8, 4) is 11.1 Å². The van der Waals surface area contributed by atoms with Gasteiger partial charge in [0.2, 0.25) is 0 Å². The lowest BCUT2D eigenvalue weighted by Gasteiger charge is -2.31. The smallest absolute Gasteiger partial charge is 0.338 e. The van der Waals surface area contributed by atoms with E-state index in [1.165, 1.54) is 11.1 Å². The van der Waals surface area contributed by atoms with Gasteiger partial charge in [0.05, 0.1) is 17.2 Å². The second-order valence-corrected chi connectivity index (χ2v) is 10.2. The van der Waals surface area contributed by atoms with Crippen molar-refractivity contribution < 1.29 is 24.2 Å². The number of fused-ring (bicyclic) bond motifs is 3. The molecular formula is C30H29NO5. The van der Waals surface area contributed by atoms with Gasteiger partial charge in [0.1, 0.15) is 12.7 Å². The van der Waals surface area contributed by atoms with Gasteiger partial charge in [-0.3, -0.25) is 4.90 Å². The number of aliphatic hydroxyl groups is 1. The molecule has 6 heteroatoms. The molecule has 3 heterocycles. The molecule has 0 aromatic heterocycles. The second-order valence-electron chi connectivity index (χ2n) is 10.2. The third-order valence-corrected chi connectivity index (χ3v) is 7.77. The minimum atomic E-state index is -0.628. The molecule has 0 radical (unpaired) electrons. The SMILES string of the molecule is Cc1c([C@@H](O)CN2CCc3cc(-c4ccc5c(c4)C[C@H](C)OC5=O)ccc3C2)ccc2c1COC2=O. The van der Waals surface area contributed by atoms with Crippen LogP contribution >= 0.6 is 0 Å². The highest BCUT2D eigenvalue weighted by molar-refractivity contribution is 5.94. The predicted octanol–water partition coefficient (Wildman–Crippen LogP) is 4.53. The Morgan fingerprint density at radius 1 is 0.972 bits per heavy atom. The third-order valence-electron chi connectivity index (χ3n) is 7.77. The minimum Gasteiger partial charge on any atom is -0.459 e. The van der Waals surface area contributed by atoms with Crippen molar-refractivity contribution in [1.29, 1.82) is 0 Å². The van der Waals surface area contributed by atoms with Crippen molar-refractivity contribution in [1.82, 2.24) is 4.90 Å². The lowest BCUT2D eigenvalue weighted by Crippen LogP contribution is -2.34. The fourth-order valence-corrected chi connectivity index (χ4v) is 5.76. The number of nitrogens with zero attached hydrogens (tertiary/aromatic N) is 1. The summed E-state index contributed by atoms with van der Waals surface area (Å²) in [4.78, 5) is 26.3. The van der Waals surface area contributed by atoms with Gasteiger partial charge in [-0.1, -0.05) is 36.4 Å². The van der Waals surface area contributed by atoms with E-state index in [1.807, 2.05) is 32.0 Å². The number of carbonyl (C=O) groups is 2. The first kappa shape index (κ1) is 23.0. The Kier molecular flexibility index (Phi) is 5.66. The van der Waals surface area contributed by atoms with Crippen molar-refractivity contribution >= 4 is 11.9 Å². The van der Waals surface area contributed by atoms with Gasteiger partial charge >= 0.3 is 11.9 Å². The molecule has 0 amide bonds. The van der Waals surface area contributed by atoms with E-state index < -0.39 is 6.10 Å². The molecule has 0 bridgehead atoms. The maximum absolute atomic E-state index is 12.2. The molecular weight excluding hydrogens is 454 g/mol. The minimum absolute atomic E-state index is 0.0958. The van der Waals surface area contributed by atoms with E-state index in [-0.39, 0.29) is 24.6 Å². The molecule has 2 atom stereocenters. The molecule has 0 fully saturated rings. The number of β-amino-alcohol motifs (C(OH)–C–C–N with tert-alkyl or cyclic N) is 1. The van der Waals surface area contributed by atoms with Crippen LogP contribution in [-0.2, 0) is 35.5 Å². The van der Waals surface area contributed by atoms with Crippen LogP contribution in [0.2, 0.25) is 0 Å². The summed E-state index contributed by atoms with van der Waals surface area (Å²) in [5.74, 6) is -0.520. The molecule has 36 heavy (non-hydrogen) atoms. The number of carbonyl (C=O) groups excluding carboxylic acids is 2. The average Bonchev–Trinajstić information content (AvgIpc) is 3.25. The molecule has 6 rings (SSSR count). The van der Waals surface area contributed by atoms with E-state index in [1.54, 1.807) is 6.07 Å². The topological polar surface area (TPSA) is 76.1 Å². The van der Waals surface area contributed by atoms with E-state index in [2.05, 4.69) is 29.2 Å². The summed E-state index contributed by atoms with van der Waals surface area (Å²) < 4.78 is 10.5. The number of cyclic esters (lactones) is 2. The van der Waals surface area contributed by atoms with Gasteiger partial charge in [-0.15, -0.1) is 0 Å². The molecule has 1 N–H and O–H groups in total. The van der Waals surface area contributed by atoms with Crippen LogP contribution in [0.1, 0.15) is 67.1 Å². The van der Waals surface area contributed by atoms with E-state index in [4.69, 9.17) is 9.47 Å². The Labute approximate surface area is 210 Å². The standard InChI is InChI=1S/C30H29NO5/c1-17-11-23-13-20(5-6-25(23)30(34)36-17)19-3-4-22-14-31(10-9-21(22)12-19)15-28(32)24-7-8-26-27(18(24)2)16-35-29(26)33/h3-8,12-13,17,28,32H,9-11,14-16H2,1-2H3/t17-,28-/m0/s1. The number of benzene rings is 3. The highest BCUT2D eigenvalue weighted by Gasteiger charge is 2.27. The van der Waals surface area contributed by atoms with Crippen LogP contribution in [0.25, 0.3) is 11.1 Å². The van der Waals surface area contributed by atoms with Crippen molar-refractivity contribution in [2.24, 2.45) is 0 Å². The van der Waals surface area contributed by atoms with Crippen LogP contribution in [0.4, 0.5) is 0 Å². The highest BCUT2D eigenvalue weighted by Crippen LogP contribution is 2.32. The summed E-state index contributed by atoms with van der Waals surface area (Å²) in [6.07, 6.45) is 0.929. The zero-order valence-corrected chi connectivity index (χ0v) is 20.5. The van der Waals surface area contributed by atoms with Gasteiger partial charge in [-0.2, -0.15) is 0 Å². The van der Waals surface area contributed by atoms with E-state index in [0.29, 0.717) is 17.7 Å². The Morgan fingerprint density at radius 3 is 2.56 bits per heavy atom. The molecule has 0 aliphatic carbocycles. The van der Waals surface area contributed by atoms with Crippen LogP contribution in [0, 0.1) is 6.92 Å². The zero-order chi connectivity index (χ0) is 25.0. The predicted molar refractivity (Wildman–Crippen MR) is 135 cm³/mol. The summed E-state index contributed by atoms with van der Waals surface area (Å²) in [5, 5.41) is 11.0. The molecule has 0 spiro atoms. The van der Waals surface area contributed by atoms with Gasteiger partial charge < -0.3 is 14.6 Å². The normalized spacial score (nSPS) is 19.7. The van der Waals surface area contributed by atoms with Crippen LogP contribution in [0.5, 0.6) is 0 Å². The Balaban J connectivity index is 1.17.